The number of hydrogen-bond acceptors (Lipinski definition) is 4. The Kier molecular flexibility index (Phi) is 4.46. The molecule has 1 amide bonds. The summed E-state index contributed by atoms with van der Waals surface area (Å²) in [6.45, 7) is 5.74. The SMILES string of the molecule is Cc1ccc(O)c(C(=O)N2C(C(=O)O)CSC2C(C)C)c1. The quantitative estimate of drug-likeness (QED) is 0.896. The highest BCUT2D eigenvalue weighted by Crippen LogP contribution is 2.36. The van der Waals surface area contributed by atoms with Crippen molar-refractivity contribution in [3.8, 4) is 5.75 Å². The minimum absolute atomic E-state index is 0.117. The molecule has 1 heterocycles. The molecule has 21 heavy (non-hydrogen) atoms. The largest absolute Gasteiger partial charge is 0.507 e. The molecule has 114 valence electrons. The fourth-order valence-corrected chi connectivity index (χ4v) is 3.92. The van der Waals surface area contributed by atoms with Gasteiger partial charge in [0.25, 0.3) is 5.91 Å². The Morgan fingerprint density at radius 3 is 2.62 bits per heavy atom. The highest BCUT2D eigenvalue weighted by molar-refractivity contribution is 8.00. The molecule has 0 bridgehead atoms. The van der Waals surface area contributed by atoms with Gasteiger partial charge in [-0.25, -0.2) is 4.79 Å². The van der Waals surface area contributed by atoms with E-state index in [0.717, 1.165) is 5.56 Å². The van der Waals surface area contributed by atoms with E-state index in [2.05, 4.69) is 0 Å². The van der Waals surface area contributed by atoms with Crippen molar-refractivity contribution in [2.24, 2.45) is 5.92 Å². The lowest BCUT2D eigenvalue weighted by molar-refractivity contribution is -0.141. The summed E-state index contributed by atoms with van der Waals surface area (Å²) >= 11 is 1.47. The number of phenols is 1. The monoisotopic (exact) mass is 309 g/mol. The first kappa shape index (κ1) is 15.7. The van der Waals surface area contributed by atoms with Crippen LogP contribution < -0.4 is 0 Å². The topological polar surface area (TPSA) is 77.8 Å². The van der Waals surface area contributed by atoms with Gasteiger partial charge in [-0.15, -0.1) is 11.8 Å². The Labute approximate surface area is 128 Å². The van der Waals surface area contributed by atoms with Crippen LogP contribution in [0.1, 0.15) is 29.8 Å². The van der Waals surface area contributed by atoms with Gasteiger partial charge in [0.05, 0.1) is 10.9 Å². The normalized spacial score (nSPS) is 21.8. The summed E-state index contributed by atoms with van der Waals surface area (Å²) in [4.78, 5) is 25.5. The molecule has 0 aliphatic carbocycles. The Hall–Kier alpha value is -1.69. The first-order chi connectivity index (χ1) is 9.82. The number of carboxylic acids is 1. The van der Waals surface area contributed by atoms with E-state index in [0.29, 0.717) is 5.75 Å². The van der Waals surface area contributed by atoms with Gasteiger partial charge >= 0.3 is 5.97 Å². The second-order valence-electron chi connectivity index (χ2n) is 5.55. The number of aromatic hydroxyl groups is 1. The van der Waals surface area contributed by atoms with E-state index in [9.17, 15) is 19.8 Å². The molecule has 1 aliphatic heterocycles. The minimum Gasteiger partial charge on any atom is -0.507 e. The first-order valence-corrected chi connectivity index (χ1v) is 7.84. The van der Waals surface area contributed by atoms with Gasteiger partial charge in [-0.1, -0.05) is 25.5 Å². The zero-order chi connectivity index (χ0) is 15.7. The Balaban J connectivity index is 2.41. The van der Waals surface area contributed by atoms with Gasteiger partial charge in [0, 0.05) is 5.75 Å². The van der Waals surface area contributed by atoms with Crippen LogP contribution in [0, 0.1) is 12.8 Å². The smallest absolute Gasteiger partial charge is 0.327 e. The number of rotatable bonds is 3. The Morgan fingerprint density at radius 2 is 2.05 bits per heavy atom. The molecule has 1 aliphatic rings. The summed E-state index contributed by atoms with van der Waals surface area (Å²) in [7, 11) is 0. The minimum atomic E-state index is -1.01. The van der Waals surface area contributed by atoms with Crippen LogP contribution in [0.5, 0.6) is 5.75 Å². The molecule has 1 fully saturated rings. The van der Waals surface area contributed by atoms with E-state index in [1.807, 2.05) is 20.8 Å². The van der Waals surface area contributed by atoms with Crippen molar-refractivity contribution in [2.75, 3.05) is 5.75 Å². The number of aliphatic carboxylic acids is 1. The van der Waals surface area contributed by atoms with E-state index < -0.39 is 17.9 Å². The summed E-state index contributed by atoms with van der Waals surface area (Å²) in [5.74, 6) is -1.04. The number of thioether (sulfide) groups is 1. The van der Waals surface area contributed by atoms with Gasteiger partial charge in [-0.2, -0.15) is 0 Å². The first-order valence-electron chi connectivity index (χ1n) is 6.79. The van der Waals surface area contributed by atoms with Crippen LogP contribution >= 0.6 is 11.8 Å². The Bertz CT molecular complexity index is 573. The molecular formula is C15H19NO4S. The van der Waals surface area contributed by atoms with Gasteiger partial charge < -0.3 is 15.1 Å². The molecule has 1 aromatic carbocycles. The summed E-state index contributed by atoms with van der Waals surface area (Å²) < 4.78 is 0. The van der Waals surface area contributed by atoms with E-state index in [-0.39, 0.29) is 22.6 Å². The lowest BCUT2D eigenvalue weighted by Crippen LogP contribution is -2.47. The number of amides is 1. The maximum Gasteiger partial charge on any atom is 0.327 e. The molecule has 0 spiro atoms. The summed E-state index contributed by atoms with van der Waals surface area (Å²) in [5, 5.41) is 19.1. The van der Waals surface area contributed by atoms with Crippen molar-refractivity contribution in [3.63, 3.8) is 0 Å². The maximum absolute atomic E-state index is 12.7. The predicted octanol–water partition coefficient (Wildman–Crippen LogP) is 2.32. The van der Waals surface area contributed by atoms with Crippen molar-refractivity contribution in [1.82, 2.24) is 4.90 Å². The molecule has 2 atom stereocenters. The molecular weight excluding hydrogens is 290 g/mol. The van der Waals surface area contributed by atoms with E-state index in [1.54, 1.807) is 12.1 Å². The number of carboxylic acid groups (broad SMARTS) is 1. The van der Waals surface area contributed by atoms with Crippen molar-refractivity contribution in [3.05, 3.63) is 29.3 Å². The van der Waals surface area contributed by atoms with Crippen molar-refractivity contribution >= 4 is 23.6 Å². The van der Waals surface area contributed by atoms with Crippen LogP contribution in [0.25, 0.3) is 0 Å². The van der Waals surface area contributed by atoms with Crippen LogP contribution in [0.2, 0.25) is 0 Å². The second kappa shape index (κ2) is 5.97. The van der Waals surface area contributed by atoms with Crippen molar-refractivity contribution in [2.45, 2.75) is 32.2 Å². The zero-order valence-electron chi connectivity index (χ0n) is 12.2. The van der Waals surface area contributed by atoms with Crippen LogP contribution in [0.15, 0.2) is 18.2 Å². The third kappa shape index (κ3) is 3.00. The lowest BCUT2D eigenvalue weighted by Gasteiger charge is -2.30. The van der Waals surface area contributed by atoms with E-state index in [1.165, 1.54) is 22.7 Å². The molecule has 0 aromatic heterocycles. The predicted molar refractivity (Wildman–Crippen MR) is 81.5 cm³/mol. The van der Waals surface area contributed by atoms with Gasteiger partial charge in [0.15, 0.2) is 0 Å². The second-order valence-corrected chi connectivity index (χ2v) is 6.70. The highest BCUT2D eigenvalue weighted by atomic mass is 32.2. The van der Waals surface area contributed by atoms with Gasteiger partial charge in [0.1, 0.15) is 11.8 Å². The van der Waals surface area contributed by atoms with E-state index in [4.69, 9.17) is 0 Å². The third-order valence-electron chi connectivity index (χ3n) is 3.51. The fraction of sp³-hybridized carbons (Fsp3) is 0.467. The number of hydrogen-bond donors (Lipinski definition) is 2. The number of carbonyl (C=O) groups is 2. The summed E-state index contributed by atoms with van der Waals surface area (Å²) in [6.07, 6.45) is 0. The molecule has 6 heteroatoms. The number of nitrogens with zero attached hydrogens (tertiary/aromatic N) is 1. The zero-order valence-corrected chi connectivity index (χ0v) is 13.1. The number of benzene rings is 1. The lowest BCUT2D eigenvalue weighted by atomic mass is 10.1. The number of phenolic OH excluding ortho intramolecular Hbond substituents is 1. The van der Waals surface area contributed by atoms with Crippen molar-refractivity contribution in [1.29, 1.82) is 0 Å². The third-order valence-corrected chi connectivity index (χ3v) is 5.13. The summed E-state index contributed by atoms with van der Waals surface area (Å²) in [5.41, 5.74) is 1.00. The number of carbonyl (C=O) groups excluding carboxylic acids is 1. The van der Waals surface area contributed by atoms with Gasteiger partial charge in [-0.3, -0.25) is 4.79 Å². The standard InChI is InChI=1S/C15H19NO4S/c1-8(2)14-16(11(7-21-14)15(19)20)13(18)10-6-9(3)4-5-12(10)17/h4-6,8,11,14,17H,7H2,1-3H3,(H,19,20). The molecule has 1 saturated heterocycles. The van der Waals surface area contributed by atoms with Crippen LogP contribution in [0.4, 0.5) is 0 Å². The van der Waals surface area contributed by atoms with Crippen LogP contribution in [-0.2, 0) is 4.79 Å². The van der Waals surface area contributed by atoms with Gasteiger partial charge in [0.2, 0.25) is 0 Å². The number of aryl methyl sites for hydroxylation is 1. The molecule has 1 aromatic rings. The van der Waals surface area contributed by atoms with Crippen LogP contribution in [0.3, 0.4) is 0 Å². The molecule has 0 saturated carbocycles. The molecule has 0 radical (unpaired) electrons. The average Bonchev–Trinajstić information content (AvgIpc) is 2.85. The van der Waals surface area contributed by atoms with Gasteiger partial charge in [-0.05, 0) is 25.0 Å². The average molecular weight is 309 g/mol. The van der Waals surface area contributed by atoms with Crippen LogP contribution in [-0.4, -0.2) is 44.2 Å². The molecule has 5 nitrogen and oxygen atoms in total. The van der Waals surface area contributed by atoms with E-state index >= 15 is 0 Å². The summed E-state index contributed by atoms with van der Waals surface area (Å²) in [6, 6.07) is 3.91. The van der Waals surface area contributed by atoms with Crippen molar-refractivity contribution < 1.29 is 19.8 Å². The Morgan fingerprint density at radius 1 is 1.38 bits per heavy atom. The molecule has 2 rings (SSSR count). The molecule has 2 unspecified atom stereocenters. The maximum atomic E-state index is 12.7. The molecule has 2 N–H and O–H groups in total. The highest BCUT2D eigenvalue weighted by Gasteiger charge is 2.43. The fourth-order valence-electron chi connectivity index (χ4n) is 2.45.